The number of anilines is 1. The molecule has 0 aliphatic heterocycles. The highest BCUT2D eigenvalue weighted by Crippen LogP contribution is 2.19. The van der Waals surface area contributed by atoms with Crippen LogP contribution in [0.4, 0.5) is 5.69 Å². The maximum atomic E-state index is 11.7. The van der Waals surface area contributed by atoms with Gasteiger partial charge in [0.1, 0.15) is 0 Å². The van der Waals surface area contributed by atoms with E-state index in [2.05, 4.69) is 26.1 Å². The van der Waals surface area contributed by atoms with Gasteiger partial charge in [0.15, 0.2) is 0 Å². The lowest BCUT2D eigenvalue weighted by Crippen LogP contribution is -2.26. The van der Waals surface area contributed by atoms with Crippen molar-refractivity contribution >= 4 is 11.6 Å². The van der Waals surface area contributed by atoms with Crippen LogP contribution in [0.15, 0.2) is 24.3 Å². The first kappa shape index (κ1) is 14.6. The SMILES string of the molecule is CC(C)CCNC(=O)CC(C)c1ccc(N)cc1. The Labute approximate surface area is 110 Å². The van der Waals surface area contributed by atoms with E-state index in [-0.39, 0.29) is 11.8 Å². The molecule has 18 heavy (non-hydrogen) atoms. The van der Waals surface area contributed by atoms with Crippen LogP contribution < -0.4 is 11.1 Å². The molecule has 0 aliphatic carbocycles. The Hall–Kier alpha value is -1.51. The fraction of sp³-hybridized carbons (Fsp3) is 0.533. The van der Waals surface area contributed by atoms with E-state index in [9.17, 15) is 4.79 Å². The Bertz CT molecular complexity index is 371. The van der Waals surface area contributed by atoms with Gasteiger partial charge in [-0.3, -0.25) is 4.79 Å². The van der Waals surface area contributed by atoms with Gasteiger partial charge in [0.05, 0.1) is 0 Å². The fourth-order valence-electron chi connectivity index (χ4n) is 1.79. The van der Waals surface area contributed by atoms with Crippen molar-refractivity contribution in [3.8, 4) is 0 Å². The standard InChI is InChI=1S/C15H24N2O/c1-11(2)8-9-17-15(18)10-12(3)13-4-6-14(16)7-5-13/h4-7,11-12H,8-10,16H2,1-3H3,(H,17,18). The quantitative estimate of drug-likeness (QED) is 0.760. The maximum Gasteiger partial charge on any atom is 0.220 e. The number of amides is 1. The average molecular weight is 248 g/mol. The lowest BCUT2D eigenvalue weighted by atomic mass is 9.97. The highest BCUT2D eigenvalue weighted by Gasteiger charge is 2.10. The molecule has 0 fully saturated rings. The van der Waals surface area contributed by atoms with Crippen molar-refractivity contribution in [1.82, 2.24) is 5.32 Å². The summed E-state index contributed by atoms with van der Waals surface area (Å²) in [6.45, 7) is 7.14. The molecular formula is C15H24N2O. The van der Waals surface area contributed by atoms with Gasteiger partial charge in [0.2, 0.25) is 5.91 Å². The van der Waals surface area contributed by atoms with Gasteiger partial charge in [-0.1, -0.05) is 32.9 Å². The summed E-state index contributed by atoms with van der Waals surface area (Å²) in [6, 6.07) is 7.73. The van der Waals surface area contributed by atoms with Gasteiger partial charge >= 0.3 is 0 Å². The minimum Gasteiger partial charge on any atom is -0.399 e. The Morgan fingerprint density at radius 2 is 1.83 bits per heavy atom. The molecule has 1 rings (SSSR count). The first-order valence-electron chi connectivity index (χ1n) is 6.61. The zero-order valence-corrected chi connectivity index (χ0v) is 11.6. The van der Waals surface area contributed by atoms with Crippen LogP contribution >= 0.6 is 0 Å². The van der Waals surface area contributed by atoms with Crippen molar-refractivity contribution < 1.29 is 4.79 Å². The van der Waals surface area contributed by atoms with Crippen molar-refractivity contribution in [3.05, 3.63) is 29.8 Å². The highest BCUT2D eigenvalue weighted by atomic mass is 16.1. The molecule has 0 aliphatic rings. The minimum atomic E-state index is 0.125. The van der Waals surface area contributed by atoms with Gasteiger partial charge < -0.3 is 11.1 Å². The number of nitrogens with two attached hydrogens (primary N) is 1. The molecule has 3 nitrogen and oxygen atoms in total. The smallest absolute Gasteiger partial charge is 0.220 e. The molecule has 0 heterocycles. The van der Waals surface area contributed by atoms with Gasteiger partial charge in [-0.25, -0.2) is 0 Å². The highest BCUT2D eigenvalue weighted by molar-refractivity contribution is 5.76. The van der Waals surface area contributed by atoms with Crippen molar-refractivity contribution in [2.45, 2.75) is 39.5 Å². The zero-order valence-electron chi connectivity index (χ0n) is 11.6. The van der Waals surface area contributed by atoms with Crippen LogP contribution in [0.3, 0.4) is 0 Å². The van der Waals surface area contributed by atoms with Crippen molar-refractivity contribution in [2.75, 3.05) is 12.3 Å². The molecule has 0 spiro atoms. The van der Waals surface area contributed by atoms with Crippen LogP contribution in [-0.2, 0) is 4.79 Å². The van der Waals surface area contributed by atoms with Crippen LogP contribution in [0.2, 0.25) is 0 Å². The number of hydrogen-bond acceptors (Lipinski definition) is 2. The molecule has 0 bridgehead atoms. The summed E-state index contributed by atoms with van der Waals surface area (Å²) < 4.78 is 0. The third-order valence-electron chi connectivity index (χ3n) is 3.04. The fourth-order valence-corrected chi connectivity index (χ4v) is 1.79. The van der Waals surface area contributed by atoms with E-state index in [4.69, 9.17) is 5.73 Å². The number of rotatable bonds is 6. The second kappa shape index (κ2) is 7.04. The summed E-state index contributed by atoms with van der Waals surface area (Å²) in [5.41, 5.74) is 7.56. The molecule has 1 atom stereocenters. The van der Waals surface area contributed by atoms with Gasteiger partial charge in [-0.2, -0.15) is 0 Å². The molecule has 3 N–H and O–H groups in total. The summed E-state index contributed by atoms with van der Waals surface area (Å²) >= 11 is 0. The lowest BCUT2D eigenvalue weighted by molar-refractivity contribution is -0.121. The third-order valence-corrected chi connectivity index (χ3v) is 3.04. The minimum absolute atomic E-state index is 0.125. The molecule has 1 unspecified atom stereocenters. The van der Waals surface area contributed by atoms with Crippen LogP contribution in [0.5, 0.6) is 0 Å². The summed E-state index contributed by atoms with van der Waals surface area (Å²) in [6.07, 6.45) is 1.56. The first-order valence-corrected chi connectivity index (χ1v) is 6.61. The molecule has 0 aromatic heterocycles. The van der Waals surface area contributed by atoms with E-state index in [0.29, 0.717) is 12.3 Å². The predicted octanol–water partition coefficient (Wildman–Crippen LogP) is 2.92. The Kier molecular flexibility index (Phi) is 5.69. The number of hydrogen-bond donors (Lipinski definition) is 2. The number of carbonyl (C=O) groups is 1. The second-order valence-electron chi connectivity index (χ2n) is 5.30. The summed E-state index contributed by atoms with van der Waals surface area (Å²) in [7, 11) is 0. The molecular weight excluding hydrogens is 224 g/mol. The predicted molar refractivity (Wildman–Crippen MR) is 76.4 cm³/mol. The maximum absolute atomic E-state index is 11.7. The van der Waals surface area contributed by atoms with E-state index in [1.807, 2.05) is 24.3 Å². The van der Waals surface area contributed by atoms with Crippen LogP contribution in [0, 0.1) is 5.92 Å². The monoisotopic (exact) mass is 248 g/mol. The summed E-state index contributed by atoms with van der Waals surface area (Å²) in [5.74, 6) is 0.976. The van der Waals surface area contributed by atoms with E-state index in [0.717, 1.165) is 24.2 Å². The first-order chi connectivity index (χ1) is 8.49. The molecule has 0 saturated carbocycles. The number of benzene rings is 1. The number of carbonyl (C=O) groups excluding carboxylic acids is 1. The zero-order chi connectivity index (χ0) is 13.5. The third kappa shape index (κ3) is 5.21. The second-order valence-corrected chi connectivity index (χ2v) is 5.30. The largest absolute Gasteiger partial charge is 0.399 e. The van der Waals surface area contributed by atoms with Crippen LogP contribution in [0.1, 0.15) is 45.1 Å². The molecule has 1 aromatic rings. The molecule has 0 saturated heterocycles. The molecule has 1 aromatic carbocycles. The van der Waals surface area contributed by atoms with E-state index in [1.165, 1.54) is 0 Å². The van der Waals surface area contributed by atoms with E-state index in [1.54, 1.807) is 0 Å². The van der Waals surface area contributed by atoms with E-state index >= 15 is 0 Å². The van der Waals surface area contributed by atoms with Crippen molar-refractivity contribution in [3.63, 3.8) is 0 Å². The van der Waals surface area contributed by atoms with Gasteiger partial charge in [-0.15, -0.1) is 0 Å². The van der Waals surface area contributed by atoms with Crippen molar-refractivity contribution in [2.24, 2.45) is 5.92 Å². The lowest BCUT2D eigenvalue weighted by Gasteiger charge is -2.13. The van der Waals surface area contributed by atoms with E-state index < -0.39 is 0 Å². The summed E-state index contributed by atoms with van der Waals surface area (Å²) in [4.78, 5) is 11.7. The van der Waals surface area contributed by atoms with Crippen LogP contribution in [-0.4, -0.2) is 12.5 Å². The van der Waals surface area contributed by atoms with Crippen LogP contribution in [0.25, 0.3) is 0 Å². The molecule has 1 amide bonds. The number of nitrogen functional groups attached to an aromatic ring is 1. The van der Waals surface area contributed by atoms with Gasteiger partial charge in [0.25, 0.3) is 0 Å². The molecule has 100 valence electrons. The molecule has 3 heteroatoms. The summed E-state index contributed by atoms with van der Waals surface area (Å²) in [5, 5.41) is 2.96. The Morgan fingerprint density at radius 1 is 1.22 bits per heavy atom. The van der Waals surface area contributed by atoms with Crippen molar-refractivity contribution in [1.29, 1.82) is 0 Å². The average Bonchev–Trinajstić information content (AvgIpc) is 2.29. The van der Waals surface area contributed by atoms with Gasteiger partial charge in [-0.05, 0) is 36.0 Å². The van der Waals surface area contributed by atoms with Gasteiger partial charge in [0, 0.05) is 18.7 Å². The topological polar surface area (TPSA) is 55.1 Å². The molecule has 0 radical (unpaired) electrons. The Morgan fingerprint density at radius 3 is 2.39 bits per heavy atom. The number of nitrogens with one attached hydrogen (secondary N) is 1. The normalized spacial score (nSPS) is 12.4. The Balaban J connectivity index is 2.37.